The molecule has 0 spiro atoms. The van der Waals surface area contributed by atoms with Crippen molar-refractivity contribution in [2.75, 3.05) is 5.32 Å². The minimum Gasteiger partial charge on any atom is -0.457 e. The predicted octanol–water partition coefficient (Wildman–Crippen LogP) is 5.70. The Labute approximate surface area is 183 Å². The van der Waals surface area contributed by atoms with E-state index in [9.17, 15) is 4.79 Å². The van der Waals surface area contributed by atoms with Crippen LogP contribution in [0.25, 0.3) is 27.6 Å². The highest BCUT2D eigenvalue weighted by Gasteiger charge is 2.09. The number of aromatic nitrogens is 1. The summed E-state index contributed by atoms with van der Waals surface area (Å²) in [4.78, 5) is 16.7. The zero-order valence-electron chi connectivity index (χ0n) is 16.4. The lowest BCUT2D eigenvalue weighted by Crippen LogP contribution is -2.32. The number of carbonyl (C=O) groups excluding carboxylic acids is 1. The molecule has 7 heteroatoms. The number of hydrogen-bond donors (Lipinski definition) is 2. The largest absolute Gasteiger partial charge is 0.457 e. The van der Waals surface area contributed by atoms with Crippen LogP contribution >= 0.6 is 23.6 Å². The van der Waals surface area contributed by atoms with Gasteiger partial charge in [0.25, 0.3) is 0 Å². The number of aryl methyl sites for hydroxylation is 2. The number of carbonyl (C=O) groups is 1. The first kappa shape index (κ1) is 20.0. The van der Waals surface area contributed by atoms with Crippen molar-refractivity contribution >= 4 is 56.0 Å². The van der Waals surface area contributed by atoms with Crippen LogP contribution in [0.2, 0.25) is 0 Å². The molecule has 150 valence electrons. The molecule has 0 bridgehead atoms. The van der Waals surface area contributed by atoms with Crippen molar-refractivity contribution in [1.29, 1.82) is 0 Å². The van der Waals surface area contributed by atoms with E-state index in [0.717, 1.165) is 27.1 Å². The zero-order valence-corrected chi connectivity index (χ0v) is 18.1. The summed E-state index contributed by atoms with van der Waals surface area (Å²) in [5, 5.41) is 6.45. The van der Waals surface area contributed by atoms with Crippen LogP contribution in [0.3, 0.4) is 0 Å². The fourth-order valence-electron chi connectivity index (χ4n) is 3.06. The van der Waals surface area contributed by atoms with Gasteiger partial charge >= 0.3 is 0 Å². The lowest BCUT2D eigenvalue weighted by molar-refractivity contribution is -0.115. The molecule has 0 saturated carbocycles. The fourth-order valence-corrected chi connectivity index (χ4v) is 4.37. The topological polar surface area (TPSA) is 67.2 Å². The summed E-state index contributed by atoms with van der Waals surface area (Å²) in [6.07, 6.45) is 2.99. The number of thiocarbonyl (C=S) groups is 1. The highest BCUT2D eigenvalue weighted by atomic mass is 32.1. The van der Waals surface area contributed by atoms with Crippen LogP contribution in [0.15, 0.2) is 65.1 Å². The van der Waals surface area contributed by atoms with Crippen molar-refractivity contribution in [2.24, 2.45) is 0 Å². The van der Waals surface area contributed by atoms with Crippen molar-refractivity contribution in [1.82, 2.24) is 10.3 Å². The molecular weight excluding hydrogens is 414 g/mol. The van der Waals surface area contributed by atoms with E-state index in [1.807, 2.05) is 49.4 Å². The normalized spacial score (nSPS) is 11.1. The van der Waals surface area contributed by atoms with E-state index in [1.165, 1.54) is 23.0 Å². The fraction of sp³-hybridized carbons (Fsp3) is 0.0870. The first-order valence-corrected chi connectivity index (χ1v) is 10.5. The number of amides is 1. The molecule has 2 N–H and O–H groups in total. The number of benzene rings is 2. The molecule has 4 aromatic rings. The smallest absolute Gasteiger partial charge is 0.250 e. The van der Waals surface area contributed by atoms with Crippen LogP contribution in [0.1, 0.15) is 16.9 Å². The van der Waals surface area contributed by atoms with Crippen molar-refractivity contribution in [3.8, 4) is 11.3 Å². The number of nitrogens with one attached hydrogen (secondary N) is 2. The van der Waals surface area contributed by atoms with Crippen molar-refractivity contribution in [2.45, 2.75) is 13.8 Å². The number of anilines is 1. The molecule has 0 unspecified atom stereocenters. The van der Waals surface area contributed by atoms with E-state index in [1.54, 1.807) is 6.08 Å². The average molecular weight is 434 g/mol. The molecular formula is C23H19N3O2S2. The highest BCUT2D eigenvalue weighted by molar-refractivity contribution is 7.80. The van der Waals surface area contributed by atoms with Gasteiger partial charge in [-0.15, -0.1) is 0 Å². The van der Waals surface area contributed by atoms with Crippen LogP contribution in [-0.2, 0) is 4.79 Å². The third-order valence-electron chi connectivity index (χ3n) is 4.37. The van der Waals surface area contributed by atoms with Crippen LogP contribution < -0.4 is 10.6 Å². The molecule has 0 fully saturated rings. The molecule has 2 heterocycles. The summed E-state index contributed by atoms with van der Waals surface area (Å²) in [5.41, 5.74) is 4.22. The van der Waals surface area contributed by atoms with Crippen LogP contribution in [0.4, 0.5) is 5.13 Å². The van der Waals surface area contributed by atoms with E-state index in [2.05, 4.69) is 34.7 Å². The summed E-state index contributed by atoms with van der Waals surface area (Å²) in [7, 11) is 0. The quantitative estimate of drug-likeness (QED) is 0.319. The summed E-state index contributed by atoms with van der Waals surface area (Å²) in [6, 6.07) is 17.6. The Morgan fingerprint density at radius 1 is 1.13 bits per heavy atom. The molecule has 4 rings (SSSR count). The molecule has 1 amide bonds. The van der Waals surface area contributed by atoms with Gasteiger partial charge in [-0.25, -0.2) is 4.98 Å². The molecule has 0 atom stereocenters. The molecule has 2 aromatic heterocycles. The van der Waals surface area contributed by atoms with Gasteiger partial charge in [0.2, 0.25) is 5.91 Å². The van der Waals surface area contributed by atoms with Gasteiger partial charge in [-0.2, -0.15) is 0 Å². The first-order valence-electron chi connectivity index (χ1n) is 9.31. The Hall–Kier alpha value is -3.29. The third kappa shape index (κ3) is 4.64. The molecule has 0 aliphatic heterocycles. The van der Waals surface area contributed by atoms with E-state index >= 15 is 0 Å². The maximum atomic E-state index is 12.2. The Bertz CT molecular complexity index is 1260. The summed E-state index contributed by atoms with van der Waals surface area (Å²) < 4.78 is 6.83. The van der Waals surface area contributed by atoms with Gasteiger partial charge in [-0.3, -0.25) is 10.1 Å². The van der Waals surface area contributed by atoms with Gasteiger partial charge in [0, 0.05) is 11.6 Å². The summed E-state index contributed by atoms with van der Waals surface area (Å²) >= 11 is 6.74. The van der Waals surface area contributed by atoms with Crippen molar-refractivity contribution in [3.05, 3.63) is 77.6 Å². The van der Waals surface area contributed by atoms with Crippen LogP contribution in [0.5, 0.6) is 0 Å². The third-order valence-corrected chi connectivity index (χ3v) is 5.49. The Kier molecular flexibility index (Phi) is 5.74. The minimum absolute atomic E-state index is 0.197. The number of thiazole rings is 1. The minimum atomic E-state index is -0.349. The summed E-state index contributed by atoms with van der Waals surface area (Å²) in [6.45, 7) is 4.08. The lowest BCUT2D eigenvalue weighted by atomic mass is 10.1. The molecule has 2 aromatic carbocycles. The van der Waals surface area contributed by atoms with Gasteiger partial charge in [-0.1, -0.05) is 47.7 Å². The predicted molar refractivity (Wildman–Crippen MR) is 127 cm³/mol. The molecule has 0 radical (unpaired) electrons. The van der Waals surface area contributed by atoms with Crippen LogP contribution in [-0.4, -0.2) is 16.0 Å². The lowest BCUT2D eigenvalue weighted by Gasteiger charge is -2.04. The number of nitrogens with zero attached hydrogens (tertiary/aromatic N) is 1. The Morgan fingerprint density at radius 2 is 1.93 bits per heavy atom. The van der Waals surface area contributed by atoms with Gasteiger partial charge in [0.05, 0.1) is 10.2 Å². The molecule has 0 aliphatic carbocycles. The van der Waals surface area contributed by atoms with Gasteiger partial charge < -0.3 is 9.73 Å². The molecule has 5 nitrogen and oxygen atoms in total. The number of hydrogen-bond acceptors (Lipinski definition) is 5. The van der Waals surface area contributed by atoms with Crippen LogP contribution in [0, 0.1) is 13.8 Å². The number of furan rings is 1. The standard InChI is InChI=1S/C23H19N3O2S2/c1-14-12-15(2)21-19(13-14)30-23(25-21)26-22(29)24-20(27)11-9-17-8-10-18(28-17)16-6-4-3-5-7-16/h3-13H,1-2H3,(H2,24,25,26,27,29)/b11-9+. The number of fused-ring (bicyclic) bond motifs is 1. The maximum absolute atomic E-state index is 12.2. The van der Waals surface area contributed by atoms with E-state index in [-0.39, 0.29) is 11.0 Å². The summed E-state index contributed by atoms with van der Waals surface area (Å²) in [5.74, 6) is 0.979. The zero-order chi connectivity index (χ0) is 21.1. The Balaban J connectivity index is 1.36. The second kappa shape index (κ2) is 8.61. The van der Waals surface area contributed by atoms with E-state index in [0.29, 0.717) is 10.9 Å². The maximum Gasteiger partial charge on any atom is 0.250 e. The van der Waals surface area contributed by atoms with Crippen molar-refractivity contribution < 1.29 is 9.21 Å². The molecule has 0 aliphatic rings. The Morgan fingerprint density at radius 3 is 2.73 bits per heavy atom. The molecule has 30 heavy (non-hydrogen) atoms. The van der Waals surface area contributed by atoms with E-state index < -0.39 is 0 Å². The van der Waals surface area contributed by atoms with Gasteiger partial charge in [0.1, 0.15) is 11.5 Å². The monoisotopic (exact) mass is 433 g/mol. The average Bonchev–Trinajstić information content (AvgIpc) is 3.34. The second-order valence-electron chi connectivity index (χ2n) is 6.79. The van der Waals surface area contributed by atoms with Gasteiger partial charge in [-0.05, 0) is 61.5 Å². The SMILES string of the molecule is Cc1cc(C)c2nc(NC(=S)NC(=O)/C=C/c3ccc(-c4ccccc4)o3)sc2c1. The first-order chi connectivity index (χ1) is 14.5. The second-order valence-corrected chi connectivity index (χ2v) is 8.23. The van der Waals surface area contributed by atoms with Gasteiger partial charge in [0.15, 0.2) is 10.2 Å². The molecule has 0 saturated heterocycles. The highest BCUT2D eigenvalue weighted by Crippen LogP contribution is 2.29. The number of rotatable bonds is 4. The van der Waals surface area contributed by atoms with Crippen molar-refractivity contribution in [3.63, 3.8) is 0 Å². The van der Waals surface area contributed by atoms with E-state index in [4.69, 9.17) is 16.6 Å².